The van der Waals surface area contributed by atoms with Crippen molar-refractivity contribution in [3.63, 3.8) is 0 Å². The van der Waals surface area contributed by atoms with Gasteiger partial charge in [-0.1, -0.05) is 0 Å². The molecule has 0 aromatic rings. The van der Waals surface area contributed by atoms with Gasteiger partial charge in [-0.15, -0.1) is 0 Å². The first-order valence-electron chi connectivity index (χ1n) is 0.628. The second kappa shape index (κ2) is 4.02. The summed E-state index contributed by atoms with van der Waals surface area (Å²) in [5, 5.41) is 0. The molecule has 0 aromatic carbocycles. The van der Waals surface area contributed by atoms with E-state index in [2.05, 4.69) is 7.85 Å². The molecule has 0 N–H and O–H groups in total. The molecule has 0 rings (SSSR count). The lowest BCUT2D eigenvalue weighted by Crippen LogP contribution is -1.08. The SMILES string of the molecule is IC#CI. The van der Waals surface area contributed by atoms with Gasteiger partial charge in [0.15, 0.2) is 0 Å². The van der Waals surface area contributed by atoms with Crippen molar-refractivity contribution in [1.29, 1.82) is 0 Å². The fourth-order valence-corrected chi connectivity index (χ4v) is 0. The Morgan fingerprint density at radius 3 is 1.25 bits per heavy atom. The van der Waals surface area contributed by atoms with Crippen LogP contribution in [0.4, 0.5) is 0 Å². The van der Waals surface area contributed by atoms with Crippen molar-refractivity contribution in [2.24, 2.45) is 0 Å². The van der Waals surface area contributed by atoms with Gasteiger partial charge in [0, 0.05) is 45.2 Å². The summed E-state index contributed by atoms with van der Waals surface area (Å²) in [5.41, 5.74) is 0. The Balaban J connectivity index is 2.83. The summed E-state index contributed by atoms with van der Waals surface area (Å²) in [6.45, 7) is 0. The second-order valence-corrected chi connectivity index (χ2v) is 1.27. The van der Waals surface area contributed by atoms with E-state index in [0.717, 1.165) is 0 Å². The van der Waals surface area contributed by atoms with Gasteiger partial charge in [-0.2, -0.15) is 0 Å². The van der Waals surface area contributed by atoms with E-state index in [4.69, 9.17) is 0 Å². The van der Waals surface area contributed by atoms with Crippen molar-refractivity contribution < 1.29 is 0 Å². The number of hydrogen-bond acceptors (Lipinski definition) is 0. The standard InChI is InChI=1S/C2I2/c3-1-2-4. The average molecular weight is 278 g/mol. The summed E-state index contributed by atoms with van der Waals surface area (Å²) in [4.78, 5) is 0. The molecule has 4 heavy (non-hydrogen) atoms. The highest BCUT2D eigenvalue weighted by Crippen LogP contribution is 1.75. The van der Waals surface area contributed by atoms with Gasteiger partial charge in [0.1, 0.15) is 0 Å². The predicted octanol–water partition coefficient (Wildman–Crippen LogP) is 1.77. The fraction of sp³-hybridized carbons (Fsp3) is 0. The monoisotopic (exact) mass is 278 g/mol. The largest absolute Gasteiger partial charge is 0.0190 e. The van der Waals surface area contributed by atoms with E-state index in [1.807, 2.05) is 45.2 Å². The van der Waals surface area contributed by atoms with Crippen LogP contribution in [0, 0.1) is 7.85 Å². The third-order valence-electron chi connectivity index (χ3n) is 0.0357. The molecular formula is C2I2. The van der Waals surface area contributed by atoms with Gasteiger partial charge < -0.3 is 0 Å². The summed E-state index contributed by atoms with van der Waals surface area (Å²) >= 11 is 3.97. The van der Waals surface area contributed by atoms with E-state index in [9.17, 15) is 0 Å². The van der Waals surface area contributed by atoms with E-state index < -0.39 is 0 Å². The van der Waals surface area contributed by atoms with E-state index in [1.54, 1.807) is 0 Å². The van der Waals surface area contributed by atoms with Gasteiger partial charge in [-0.05, 0) is 7.85 Å². The Hall–Kier alpha value is 1.02. The molecule has 0 heterocycles. The van der Waals surface area contributed by atoms with Gasteiger partial charge in [0.25, 0.3) is 0 Å². The third-order valence-corrected chi connectivity index (χ3v) is 1.61. The van der Waals surface area contributed by atoms with Crippen LogP contribution in [0.3, 0.4) is 0 Å². The number of hydrogen-bond donors (Lipinski definition) is 0. The molecule has 22 valence electrons. The molecule has 0 unspecified atom stereocenters. The van der Waals surface area contributed by atoms with Gasteiger partial charge in [-0.25, -0.2) is 0 Å². The molecule has 0 aromatic heterocycles. The third kappa shape index (κ3) is 3.02. The molecule has 0 fully saturated rings. The topological polar surface area (TPSA) is 0 Å². The normalized spacial score (nSPS) is 3.50. The van der Waals surface area contributed by atoms with Crippen LogP contribution in [0.15, 0.2) is 0 Å². The van der Waals surface area contributed by atoms with Crippen molar-refractivity contribution in [2.75, 3.05) is 0 Å². The lowest BCUT2D eigenvalue weighted by atomic mass is 11.4. The van der Waals surface area contributed by atoms with Crippen molar-refractivity contribution in [3.8, 4) is 7.85 Å². The second-order valence-electron chi connectivity index (χ2n) is 0.189. The first-order valence-corrected chi connectivity index (χ1v) is 2.79. The Labute approximate surface area is 52.6 Å². The molecule has 0 spiro atoms. The molecule has 0 amide bonds. The Morgan fingerprint density at radius 1 is 1.00 bits per heavy atom. The van der Waals surface area contributed by atoms with Gasteiger partial charge in [0.2, 0.25) is 0 Å². The van der Waals surface area contributed by atoms with Crippen LogP contribution < -0.4 is 0 Å². The van der Waals surface area contributed by atoms with Crippen LogP contribution >= 0.6 is 45.2 Å². The summed E-state index contributed by atoms with van der Waals surface area (Å²) < 4.78 is 5.27. The van der Waals surface area contributed by atoms with Crippen molar-refractivity contribution in [1.82, 2.24) is 0 Å². The highest BCUT2D eigenvalue weighted by Gasteiger charge is 1.33. The summed E-state index contributed by atoms with van der Waals surface area (Å²) in [6, 6.07) is 0. The van der Waals surface area contributed by atoms with E-state index in [0.29, 0.717) is 0 Å². The van der Waals surface area contributed by atoms with Gasteiger partial charge >= 0.3 is 0 Å². The molecule has 0 aliphatic rings. The predicted molar refractivity (Wildman–Crippen MR) is 35.8 cm³/mol. The minimum Gasteiger partial charge on any atom is -0.0190 e. The minimum atomic E-state index is 1.98. The Kier molecular flexibility index (Phi) is 5.05. The van der Waals surface area contributed by atoms with Crippen molar-refractivity contribution in [3.05, 3.63) is 0 Å². The van der Waals surface area contributed by atoms with Crippen LogP contribution in [0.5, 0.6) is 0 Å². The Bertz CT molecular complexity index is 40.8. The van der Waals surface area contributed by atoms with Gasteiger partial charge in [-0.3, -0.25) is 0 Å². The maximum atomic E-state index is 2.64. The molecule has 2 heteroatoms. The van der Waals surface area contributed by atoms with Gasteiger partial charge in [0.05, 0.1) is 0 Å². The van der Waals surface area contributed by atoms with Crippen LogP contribution in [0.1, 0.15) is 0 Å². The average Bonchev–Trinajstić information content (AvgIpc) is 1.37. The van der Waals surface area contributed by atoms with Crippen molar-refractivity contribution >= 4 is 45.2 Å². The molecule has 0 radical (unpaired) electrons. The smallest absolute Gasteiger partial charge is 0.0190 e. The maximum Gasteiger partial charge on any atom is 0.0190 e. The molecule has 0 nitrogen and oxygen atoms in total. The highest BCUT2D eigenvalue weighted by molar-refractivity contribution is 14.1. The zero-order chi connectivity index (χ0) is 3.41. The van der Waals surface area contributed by atoms with Crippen molar-refractivity contribution in [2.45, 2.75) is 0 Å². The Morgan fingerprint density at radius 2 is 1.25 bits per heavy atom. The molecular weight excluding hydrogens is 278 g/mol. The first kappa shape index (κ1) is 5.02. The lowest BCUT2D eigenvalue weighted by Gasteiger charge is -1.33. The molecule has 0 aliphatic heterocycles. The summed E-state index contributed by atoms with van der Waals surface area (Å²) in [6.07, 6.45) is 0. The molecule has 0 atom stereocenters. The molecule has 0 saturated carbocycles. The zero-order valence-corrected chi connectivity index (χ0v) is 6.07. The first-order chi connectivity index (χ1) is 1.91. The van der Waals surface area contributed by atoms with Crippen LogP contribution in [-0.4, -0.2) is 0 Å². The summed E-state index contributed by atoms with van der Waals surface area (Å²) in [5.74, 6) is 0. The van der Waals surface area contributed by atoms with Crippen LogP contribution in [0.25, 0.3) is 0 Å². The fourth-order valence-electron chi connectivity index (χ4n) is 0. The summed E-state index contributed by atoms with van der Waals surface area (Å²) in [7, 11) is 0. The zero-order valence-electron chi connectivity index (χ0n) is 1.76. The highest BCUT2D eigenvalue weighted by atomic mass is 127. The number of rotatable bonds is 0. The van der Waals surface area contributed by atoms with E-state index in [-0.39, 0.29) is 0 Å². The van der Waals surface area contributed by atoms with Crippen LogP contribution in [0.2, 0.25) is 0 Å². The van der Waals surface area contributed by atoms with Crippen LogP contribution in [-0.2, 0) is 0 Å². The number of halogens is 2. The molecule has 0 saturated heterocycles. The maximum absolute atomic E-state index is 2.64. The van der Waals surface area contributed by atoms with E-state index >= 15 is 0 Å². The molecule has 0 bridgehead atoms. The lowest BCUT2D eigenvalue weighted by molar-refractivity contribution is 3.22. The molecule has 0 aliphatic carbocycles. The quantitative estimate of drug-likeness (QED) is 0.468. The van der Waals surface area contributed by atoms with E-state index in [1.165, 1.54) is 0 Å². The minimum absolute atomic E-state index is 1.98.